The zero-order valence-corrected chi connectivity index (χ0v) is 13.1. The van der Waals surface area contributed by atoms with Gasteiger partial charge in [-0.3, -0.25) is 14.4 Å². The van der Waals surface area contributed by atoms with Crippen LogP contribution in [-0.4, -0.2) is 31.4 Å². The first-order chi connectivity index (χ1) is 11.1. The summed E-state index contributed by atoms with van der Waals surface area (Å²) in [4.78, 5) is 36.4. The molecule has 122 valence electrons. The van der Waals surface area contributed by atoms with Gasteiger partial charge in [0.05, 0.1) is 18.9 Å². The second-order valence-electron chi connectivity index (χ2n) is 6.30. The molecule has 2 aliphatic carbocycles. The number of esters is 2. The number of ketones is 1. The SMILES string of the molecule is COC(=O)[C@@H]1[C@H]2CC[C@@H](C2)[C@H]1C(=O)OCC(=O)c1ccccc1. The van der Waals surface area contributed by atoms with Crippen molar-refractivity contribution in [3.05, 3.63) is 35.9 Å². The van der Waals surface area contributed by atoms with E-state index in [-0.39, 0.29) is 30.2 Å². The van der Waals surface area contributed by atoms with Gasteiger partial charge in [0.2, 0.25) is 0 Å². The summed E-state index contributed by atoms with van der Waals surface area (Å²) in [5.41, 5.74) is 0.512. The van der Waals surface area contributed by atoms with Gasteiger partial charge in [-0.1, -0.05) is 30.3 Å². The van der Waals surface area contributed by atoms with Crippen molar-refractivity contribution in [2.75, 3.05) is 13.7 Å². The van der Waals surface area contributed by atoms with Crippen LogP contribution < -0.4 is 0 Å². The summed E-state index contributed by atoms with van der Waals surface area (Å²) in [6.07, 6.45) is 2.76. The van der Waals surface area contributed by atoms with E-state index in [4.69, 9.17) is 9.47 Å². The normalized spacial score (nSPS) is 28.4. The van der Waals surface area contributed by atoms with Crippen molar-refractivity contribution in [1.29, 1.82) is 0 Å². The van der Waals surface area contributed by atoms with Crippen molar-refractivity contribution in [1.82, 2.24) is 0 Å². The van der Waals surface area contributed by atoms with E-state index in [1.54, 1.807) is 24.3 Å². The number of fused-ring (bicyclic) bond motifs is 2. The highest BCUT2D eigenvalue weighted by molar-refractivity contribution is 5.98. The molecule has 0 aromatic heterocycles. The first-order valence-electron chi connectivity index (χ1n) is 7.94. The van der Waals surface area contributed by atoms with Gasteiger partial charge >= 0.3 is 11.9 Å². The highest BCUT2D eigenvalue weighted by Gasteiger charge is 2.55. The van der Waals surface area contributed by atoms with Gasteiger partial charge in [0.1, 0.15) is 0 Å². The Morgan fingerprint density at radius 2 is 1.61 bits per heavy atom. The number of rotatable bonds is 5. The van der Waals surface area contributed by atoms with Gasteiger partial charge in [0.25, 0.3) is 0 Å². The predicted molar refractivity (Wildman–Crippen MR) is 81.6 cm³/mol. The number of ether oxygens (including phenoxy) is 2. The van der Waals surface area contributed by atoms with E-state index in [0.717, 1.165) is 19.3 Å². The molecule has 1 aromatic carbocycles. The van der Waals surface area contributed by atoms with Crippen LogP contribution in [-0.2, 0) is 19.1 Å². The van der Waals surface area contributed by atoms with Gasteiger partial charge in [0, 0.05) is 5.56 Å². The number of benzene rings is 1. The van der Waals surface area contributed by atoms with E-state index in [0.29, 0.717) is 5.56 Å². The molecule has 5 heteroatoms. The first-order valence-corrected chi connectivity index (χ1v) is 7.94. The Morgan fingerprint density at radius 3 is 2.22 bits per heavy atom. The molecule has 0 heterocycles. The van der Waals surface area contributed by atoms with Gasteiger partial charge in [-0.05, 0) is 31.1 Å². The van der Waals surface area contributed by atoms with Gasteiger partial charge in [0.15, 0.2) is 12.4 Å². The maximum atomic E-state index is 12.4. The Kier molecular flexibility index (Phi) is 4.46. The third kappa shape index (κ3) is 3.00. The molecule has 4 atom stereocenters. The van der Waals surface area contributed by atoms with Crippen molar-refractivity contribution >= 4 is 17.7 Å². The predicted octanol–water partition coefficient (Wildman–Crippen LogP) is 2.25. The average molecular weight is 316 g/mol. The molecule has 2 saturated carbocycles. The molecule has 23 heavy (non-hydrogen) atoms. The van der Waals surface area contributed by atoms with Crippen molar-refractivity contribution < 1.29 is 23.9 Å². The maximum absolute atomic E-state index is 12.4. The Bertz CT molecular complexity index is 609. The molecule has 0 saturated heterocycles. The summed E-state index contributed by atoms with van der Waals surface area (Å²) in [5, 5.41) is 0. The van der Waals surface area contributed by atoms with Crippen molar-refractivity contribution in [2.45, 2.75) is 19.3 Å². The van der Waals surface area contributed by atoms with Crippen LogP contribution in [0.15, 0.2) is 30.3 Å². The summed E-state index contributed by atoms with van der Waals surface area (Å²) in [7, 11) is 1.34. The lowest BCUT2D eigenvalue weighted by Crippen LogP contribution is -2.37. The highest BCUT2D eigenvalue weighted by atomic mass is 16.5. The van der Waals surface area contributed by atoms with Crippen LogP contribution in [0.3, 0.4) is 0 Å². The Balaban J connectivity index is 1.63. The van der Waals surface area contributed by atoms with Crippen LogP contribution in [0, 0.1) is 23.7 Å². The summed E-state index contributed by atoms with van der Waals surface area (Å²) >= 11 is 0. The summed E-state index contributed by atoms with van der Waals surface area (Å²) < 4.78 is 10.1. The summed E-state index contributed by atoms with van der Waals surface area (Å²) in [6.45, 7) is -0.287. The van der Waals surface area contributed by atoms with E-state index in [1.807, 2.05) is 6.07 Å². The van der Waals surface area contributed by atoms with Crippen LogP contribution in [0.2, 0.25) is 0 Å². The molecule has 0 N–H and O–H groups in total. The van der Waals surface area contributed by atoms with Crippen LogP contribution >= 0.6 is 0 Å². The van der Waals surface area contributed by atoms with Crippen molar-refractivity contribution in [3.63, 3.8) is 0 Å². The Hall–Kier alpha value is -2.17. The zero-order valence-electron chi connectivity index (χ0n) is 13.1. The third-order valence-corrected chi connectivity index (χ3v) is 5.10. The van der Waals surface area contributed by atoms with Crippen LogP contribution in [0.1, 0.15) is 29.6 Å². The lowest BCUT2D eigenvalue weighted by Gasteiger charge is -2.27. The lowest BCUT2D eigenvalue weighted by molar-refractivity contribution is -0.161. The van der Waals surface area contributed by atoms with Crippen molar-refractivity contribution in [3.8, 4) is 0 Å². The molecule has 0 radical (unpaired) electrons. The van der Waals surface area contributed by atoms with Crippen LogP contribution in [0.25, 0.3) is 0 Å². The Morgan fingerprint density at radius 1 is 1.00 bits per heavy atom. The minimum Gasteiger partial charge on any atom is -0.469 e. The molecule has 2 bridgehead atoms. The van der Waals surface area contributed by atoms with Crippen molar-refractivity contribution in [2.24, 2.45) is 23.7 Å². The molecule has 0 unspecified atom stereocenters. The molecule has 5 nitrogen and oxygen atoms in total. The van der Waals surface area contributed by atoms with Gasteiger partial charge in [-0.15, -0.1) is 0 Å². The summed E-state index contributed by atoms with van der Waals surface area (Å²) in [5.74, 6) is -1.54. The number of hydrogen-bond donors (Lipinski definition) is 0. The fourth-order valence-corrected chi connectivity index (χ4v) is 4.05. The number of carbonyl (C=O) groups is 3. The fraction of sp³-hybridized carbons (Fsp3) is 0.500. The third-order valence-electron chi connectivity index (χ3n) is 5.10. The van der Waals surface area contributed by atoms with Crippen LogP contribution in [0.5, 0.6) is 0 Å². The molecule has 0 aliphatic heterocycles. The van der Waals surface area contributed by atoms with Gasteiger partial charge in [-0.25, -0.2) is 0 Å². The minimum atomic E-state index is -0.468. The number of Topliss-reactive ketones (excluding diaryl/α,β-unsaturated/α-hetero) is 1. The number of hydrogen-bond acceptors (Lipinski definition) is 5. The topological polar surface area (TPSA) is 69.7 Å². The first kappa shape index (κ1) is 15.7. The Labute approximate surface area is 135 Å². The van der Waals surface area contributed by atoms with E-state index >= 15 is 0 Å². The molecule has 0 amide bonds. The van der Waals surface area contributed by atoms with Crippen LogP contribution in [0.4, 0.5) is 0 Å². The maximum Gasteiger partial charge on any atom is 0.310 e. The highest BCUT2D eigenvalue weighted by Crippen LogP contribution is 2.53. The molecule has 0 spiro atoms. The smallest absolute Gasteiger partial charge is 0.310 e. The zero-order chi connectivity index (χ0) is 16.4. The fourth-order valence-electron chi connectivity index (χ4n) is 4.05. The second-order valence-corrected chi connectivity index (χ2v) is 6.30. The molecule has 3 rings (SSSR count). The monoisotopic (exact) mass is 316 g/mol. The van der Waals surface area contributed by atoms with E-state index in [2.05, 4.69) is 0 Å². The van der Waals surface area contributed by atoms with Gasteiger partial charge in [-0.2, -0.15) is 0 Å². The quantitative estimate of drug-likeness (QED) is 0.615. The molecular weight excluding hydrogens is 296 g/mol. The largest absolute Gasteiger partial charge is 0.469 e. The molecular formula is C18H20O5. The van der Waals surface area contributed by atoms with E-state index < -0.39 is 17.8 Å². The molecule has 2 aliphatic rings. The lowest BCUT2D eigenvalue weighted by atomic mass is 9.79. The molecule has 2 fully saturated rings. The average Bonchev–Trinajstić information content (AvgIpc) is 3.20. The summed E-state index contributed by atoms with van der Waals surface area (Å²) in [6, 6.07) is 8.71. The number of methoxy groups -OCH3 is 1. The van der Waals surface area contributed by atoms with Gasteiger partial charge < -0.3 is 9.47 Å². The van der Waals surface area contributed by atoms with E-state index in [1.165, 1.54) is 7.11 Å². The second kappa shape index (κ2) is 6.52. The number of carbonyl (C=O) groups excluding carboxylic acids is 3. The minimum absolute atomic E-state index is 0.170. The molecule has 1 aromatic rings. The standard InChI is InChI=1S/C18H20O5/c1-22-17(20)15-12-7-8-13(9-12)16(15)18(21)23-10-14(19)11-5-3-2-4-6-11/h2-6,12-13,15-16H,7-10H2,1H3/t12-,13-,15+,16+/m0/s1. The van der Waals surface area contributed by atoms with E-state index in [9.17, 15) is 14.4 Å².